The third-order valence-electron chi connectivity index (χ3n) is 5.19. The normalized spacial score (nSPS) is 40.0. The van der Waals surface area contributed by atoms with Crippen LogP contribution in [0.4, 0.5) is 0 Å². The lowest BCUT2D eigenvalue weighted by Crippen LogP contribution is -2.57. The van der Waals surface area contributed by atoms with Gasteiger partial charge in [0.05, 0.1) is 0 Å². The Morgan fingerprint density at radius 3 is 2.67 bits per heavy atom. The number of hydrogen-bond donors (Lipinski definition) is 1. The molecule has 3 atom stereocenters. The van der Waals surface area contributed by atoms with Crippen molar-refractivity contribution in [2.24, 2.45) is 11.7 Å². The lowest BCUT2D eigenvalue weighted by Gasteiger charge is -2.45. The molecule has 0 aromatic rings. The van der Waals surface area contributed by atoms with Gasteiger partial charge in [-0.1, -0.05) is 13.8 Å². The molecule has 0 bridgehead atoms. The SMILES string of the molecule is CCC1CN(C)CCCN1C1(CN)CCC(C)C1. The van der Waals surface area contributed by atoms with Crippen LogP contribution in [0, 0.1) is 5.92 Å². The maximum Gasteiger partial charge on any atom is 0.0337 e. The quantitative estimate of drug-likeness (QED) is 0.834. The van der Waals surface area contributed by atoms with Crippen LogP contribution in [0.1, 0.15) is 46.0 Å². The Bertz CT molecular complexity index is 268. The van der Waals surface area contributed by atoms with Gasteiger partial charge in [-0.05, 0) is 51.6 Å². The molecule has 0 aromatic carbocycles. The lowest BCUT2D eigenvalue weighted by atomic mass is 9.91. The molecule has 3 nitrogen and oxygen atoms in total. The van der Waals surface area contributed by atoms with E-state index in [-0.39, 0.29) is 0 Å². The number of rotatable bonds is 3. The molecule has 2 aliphatic rings. The summed E-state index contributed by atoms with van der Waals surface area (Å²) in [5, 5.41) is 0. The highest BCUT2D eigenvalue weighted by atomic mass is 15.3. The first-order valence-electron chi connectivity index (χ1n) is 7.76. The summed E-state index contributed by atoms with van der Waals surface area (Å²) in [6.07, 6.45) is 6.53. The van der Waals surface area contributed by atoms with Gasteiger partial charge in [-0.25, -0.2) is 0 Å². The summed E-state index contributed by atoms with van der Waals surface area (Å²) in [4.78, 5) is 5.29. The topological polar surface area (TPSA) is 32.5 Å². The highest BCUT2D eigenvalue weighted by molar-refractivity contribution is 5.01. The zero-order valence-corrected chi connectivity index (χ0v) is 12.5. The van der Waals surface area contributed by atoms with E-state index >= 15 is 0 Å². The minimum Gasteiger partial charge on any atom is -0.329 e. The highest BCUT2D eigenvalue weighted by Crippen LogP contribution is 2.40. The van der Waals surface area contributed by atoms with Gasteiger partial charge in [0, 0.05) is 31.2 Å². The molecule has 18 heavy (non-hydrogen) atoms. The van der Waals surface area contributed by atoms with Crippen molar-refractivity contribution >= 4 is 0 Å². The van der Waals surface area contributed by atoms with Crippen molar-refractivity contribution in [3.8, 4) is 0 Å². The van der Waals surface area contributed by atoms with E-state index in [2.05, 4.69) is 30.7 Å². The molecule has 1 aliphatic heterocycles. The average Bonchev–Trinajstić information content (AvgIpc) is 2.64. The predicted molar refractivity (Wildman–Crippen MR) is 77.7 cm³/mol. The molecular formula is C15H31N3. The summed E-state index contributed by atoms with van der Waals surface area (Å²) in [6, 6.07) is 0.700. The molecule has 3 unspecified atom stereocenters. The molecule has 1 heterocycles. The van der Waals surface area contributed by atoms with E-state index in [0.29, 0.717) is 11.6 Å². The molecule has 2 N–H and O–H groups in total. The van der Waals surface area contributed by atoms with E-state index in [4.69, 9.17) is 5.73 Å². The molecule has 3 heteroatoms. The molecule has 0 amide bonds. The smallest absolute Gasteiger partial charge is 0.0337 e. The summed E-state index contributed by atoms with van der Waals surface area (Å²) in [5.74, 6) is 0.854. The third kappa shape index (κ3) is 2.73. The summed E-state index contributed by atoms with van der Waals surface area (Å²) in [5.41, 5.74) is 6.52. The van der Waals surface area contributed by atoms with Crippen molar-refractivity contribution in [2.75, 3.05) is 33.2 Å². The fraction of sp³-hybridized carbons (Fsp3) is 1.00. The molecular weight excluding hydrogens is 222 g/mol. The van der Waals surface area contributed by atoms with Gasteiger partial charge in [-0.3, -0.25) is 4.90 Å². The fourth-order valence-corrected chi connectivity index (χ4v) is 4.15. The van der Waals surface area contributed by atoms with Gasteiger partial charge < -0.3 is 10.6 Å². The first kappa shape index (κ1) is 14.3. The minimum absolute atomic E-state index is 0.311. The summed E-state index contributed by atoms with van der Waals surface area (Å²) in [6.45, 7) is 9.27. The van der Waals surface area contributed by atoms with Crippen LogP contribution >= 0.6 is 0 Å². The van der Waals surface area contributed by atoms with E-state index in [9.17, 15) is 0 Å². The third-order valence-corrected chi connectivity index (χ3v) is 5.19. The Kier molecular flexibility index (Phi) is 4.68. The predicted octanol–water partition coefficient (Wildman–Crippen LogP) is 1.92. The Labute approximate surface area is 113 Å². The van der Waals surface area contributed by atoms with Crippen LogP contribution in [0.5, 0.6) is 0 Å². The molecule has 1 saturated heterocycles. The van der Waals surface area contributed by atoms with Crippen LogP contribution in [0.3, 0.4) is 0 Å². The van der Waals surface area contributed by atoms with Crippen LogP contribution in [0.15, 0.2) is 0 Å². The summed E-state index contributed by atoms with van der Waals surface area (Å²) in [7, 11) is 2.26. The van der Waals surface area contributed by atoms with Gasteiger partial charge in [-0.2, -0.15) is 0 Å². The molecule has 0 aromatic heterocycles. The molecule has 2 rings (SSSR count). The van der Waals surface area contributed by atoms with E-state index in [1.807, 2.05) is 0 Å². The molecule has 1 saturated carbocycles. The van der Waals surface area contributed by atoms with Gasteiger partial charge >= 0.3 is 0 Å². The Hall–Kier alpha value is -0.120. The Balaban J connectivity index is 2.17. The van der Waals surface area contributed by atoms with Gasteiger partial charge in [0.25, 0.3) is 0 Å². The zero-order valence-electron chi connectivity index (χ0n) is 12.5. The molecule has 2 fully saturated rings. The van der Waals surface area contributed by atoms with Gasteiger partial charge in [0.2, 0.25) is 0 Å². The van der Waals surface area contributed by atoms with Crippen LogP contribution in [0.2, 0.25) is 0 Å². The van der Waals surface area contributed by atoms with Crippen molar-refractivity contribution in [3.63, 3.8) is 0 Å². The largest absolute Gasteiger partial charge is 0.329 e. The second-order valence-electron chi connectivity index (χ2n) is 6.65. The van der Waals surface area contributed by atoms with Crippen LogP contribution in [-0.4, -0.2) is 54.6 Å². The Morgan fingerprint density at radius 2 is 2.11 bits per heavy atom. The second kappa shape index (κ2) is 5.89. The first-order chi connectivity index (χ1) is 8.61. The fourth-order valence-electron chi connectivity index (χ4n) is 4.15. The van der Waals surface area contributed by atoms with Crippen molar-refractivity contribution in [2.45, 2.75) is 57.5 Å². The summed E-state index contributed by atoms with van der Waals surface area (Å²) < 4.78 is 0. The van der Waals surface area contributed by atoms with E-state index in [0.717, 1.165) is 12.5 Å². The average molecular weight is 253 g/mol. The van der Waals surface area contributed by atoms with Crippen LogP contribution in [-0.2, 0) is 0 Å². The van der Waals surface area contributed by atoms with Gasteiger partial charge in [-0.15, -0.1) is 0 Å². The van der Waals surface area contributed by atoms with Gasteiger partial charge in [0.15, 0.2) is 0 Å². The monoisotopic (exact) mass is 253 g/mol. The van der Waals surface area contributed by atoms with E-state index in [1.165, 1.54) is 51.7 Å². The molecule has 0 radical (unpaired) electrons. The minimum atomic E-state index is 0.311. The highest BCUT2D eigenvalue weighted by Gasteiger charge is 2.44. The van der Waals surface area contributed by atoms with E-state index < -0.39 is 0 Å². The maximum absolute atomic E-state index is 6.21. The molecule has 0 spiro atoms. The summed E-state index contributed by atoms with van der Waals surface area (Å²) >= 11 is 0. The van der Waals surface area contributed by atoms with Crippen LogP contribution in [0.25, 0.3) is 0 Å². The van der Waals surface area contributed by atoms with Crippen molar-refractivity contribution in [1.82, 2.24) is 9.80 Å². The number of nitrogens with zero attached hydrogens (tertiary/aromatic N) is 2. The first-order valence-corrected chi connectivity index (χ1v) is 7.76. The van der Waals surface area contributed by atoms with Crippen LogP contribution < -0.4 is 5.73 Å². The second-order valence-corrected chi connectivity index (χ2v) is 6.65. The number of likely N-dealkylation sites (N-methyl/N-ethyl adjacent to an activating group) is 1. The van der Waals surface area contributed by atoms with E-state index in [1.54, 1.807) is 0 Å². The zero-order chi connectivity index (χ0) is 13.2. The number of nitrogens with two attached hydrogens (primary N) is 1. The number of hydrogen-bond acceptors (Lipinski definition) is 3. The lowest BCUT2D eigenvalue weighted by molar-refractivity contribution is 0.0486. The van der Waals surface area contributed by atoms with Crippen molar-refractivity contribution in [1.29, 1.82) is 0 Å². The van der Waals surface area contributed by atoms with Gasteiger partial charge in [0.1, 0.15) is 0 Å². The standard InChI is InChI=1S/C15H31N3/c1-4-14-11-17(3)8-5-9-18(14)15(12-16)7-6-13(2)10-15/h13-14H,4-12,16H2,1-3H3. The van der Waals surface area contributed by atoms with Crippen molar-refractivity contribution in [3.05, 3.63) is 0 Å². The molecule has 1 aliphatic carbocycles. The molecule has 106 valence electrons. The Morgan fingerprint density at radius 1 is 1.33 bits per heavy atom. The van der Waals surface area contributed by atoms with Crippen molar-refractivity contribution < 1.29 is 0 Å². The maximum atomic E-state index is 6.21.